The normalized spacial score (nSPS) is 10.8. The van der Waals surface area contributed by atoms with E-state index in [9.17, 15) is 4.79 Å². The maximum absolute atomic E-state index is 12.2. The minimum Gasteiger partial charge on any atom is -0.495 e. The molecule has 1 aromatic heterocycles. The number of fused-ring (bicyclic) bond motifs is 1. The van der Waals surface area contributed by atoms with Gasteiger partial charge >= 0.3 is 0 Å². The number of hydrogen-bond acceptors (Lipinski definition) is 5. The molecule has 152 valence electrons. The maximum atomic E-state index is 12.2. The van der Waals surface area contributed by atoms with Crippen molar-refractivity contribution in [1.82, 2.24) is 4.98 Å². The van der Waals surface area contributed by atoms with Gasteiger partial charge in [0, 0.05) is 11.3 Å². The minimum atomic E-state index is -0.320. The van der Waals surface area contributed by atoms with Gasteiger partial charge in [0.25, 0.3) is 5.91 Å². The summed E-state index contributed by atoms with van der Waals surface area (Å²) in [5.74, 6) is 1.12. The first-order valence-electron chi connectivity index (χ1n) is 8.95. The number of benzene rings is 3. The summed E-state index contributed by atoms with van der Waals surface area (Å²) in [6.45, 7) is -0.170. The zero-order chi connectivity index (χ0) is 21.1. The molecule has 0 fully saturated rings. The Hall–Kier alpha value is -3.22. The number of anilines is 1. The van der Waals surface area contributed by atoms with E-state index in [1.807, 2.05) is 6.07 Å². The van der Waals surface area contributed by atoms with Gasteiger partial charge in [-0.1, -0.05) is 35.3 Å². The molecule has 0 saturated heterocycles. The largest absolute Gasteiger partial charge is 0.495 e. The van der Waals surface area contributed by atoms with Crippen molar-refractivity contribution in [2.24, 2.45) is 0 Å². The Morgan fingerprint density at radius 3 is 2.63 bits per heavy atom. The average molecular weight is 443 g/mol. The third kappa shape index (κ3) is 4.35. The molecule has 4 aromatic rings. The summed E-state index contributed by atoms with van der Waals surface area (Å²) in [6, 6.07) is 17.4. The summed E-state index contributed by atoms with van der Waals surface area (Å²) in [7, 11) is 1.55. The third-order valence-electron chi connectivity index (χ3n) is 4.27. The Morgan fingerprint density at radius 2 is 1.87 bits per heavy atom. The van der Waals surface area contributed by atoms with Gasteiger partial charge in [-0.15, -0.1) is 0 Å². The summed E-state index contributed by atoms with van der Waals surface area (Å²) in [5.41, 5.74) is 2.47. The van der Waals surface area contributed by atoms with E-state index in [0.29, 0.717) is 44.2 Å². The van der Waals surface area contributed by atoms with Crippen LogP contribution in [0.5, 0.6) is 11.5 Å². The van der Waals surface area contributed by atoms with Crippen LogP contribution in [0.4, 0.5) is 5.69 Å². The van der Waals surface area contributed by atoms with Crippen LogP contribution < -0.4 is 14.8 Å². The van der Waals surface area contributed by atoms with Crippen molar-refractivity contribution in [2.75, 3.05) is 19.0 Å². The highest BCUT2D eigenvalue weighted by molar-refractivity contribution is 6.32. The van der Waals surface area contributed by atoms with E-state index in [4.69, 9.17) is 37.1 Å². The summed E-state index contributed by atoms with van der Waals surface area (Å²) >= 11 is 12.2. The van der Waals surface area contributed by atoms with Gasteiger partial charge in [-0.2, -0.15) is 0 Å². The number of nitrogens with zero attached hydrogens (tertiary/aromatic N) is 1. The van der Waals surface area contributed by atoms with E-state index < -0.39 is 0 Å². The van der Waals surface area contributed by atoms with Crippen molar-refractivity contribution >= 4 is 45.9 Å². The molecule has 4 rings (SSSR count). The summed E-state index contributed by atoms with van der Waals surface area (Å²) < 4.78 is 16.4. The molecule has 8 heteroatoms. The van der Waals surface area contributed by atoms with Crippen LogP contribution in [0, 0.1) is 0 Å². The Labute approximate surface area is 182 Å². The topological polar surface area (TPSA) is 73.6 Å². The van der Waals surface area contributed by atoms with Crippen molar-refractivity contribution in [3.05, 3.63) is 70.7 Å². The fourth-order valence-electron chi connectivity index (χ4n) is 2.83. The standard InChI is InChI=1S/C22H16Cl2N2O4/c1-28-18-8-6-13(10-16(18)24)22-26-17-11-14(7-9-20(17)30-22)25-21(27)12-29-19-5-3-2-4-15(19)23/h2-11H,12H2,1H3,(H,25,27). The number of methoxy groups -OCH3 is 1. The Morgan fingerprint density at radius 1 is 1.03 bits per heavy atom. The number of hydrogen-bond donors (Lipinski definition) is 1. The number of ether oxygens (including phenoxy) is 2. The van der Waals surface area contributed by atoms with E-state index in [1.165, 1.54) is 0 Å². The number of carbonyl (C=O) groups is 1. The molecule has 3 aromatic carbocycles. The lowest BCUT2D eigenvalue weighted by molar-refractivity contribution is -0.118. The first kappa shape index (κ1) is 20.1. The lowest BCUT2D eigenvalue weighted by Crippen LogP contribution is -2.20. The van der Waals surface area contributed by atoms with Crippen LogP contribution in [0.3, 0.4) is 0 Å². The molecule has 0 atom stereocenters. The van der Waals surface area contributed by atoms with Crippen molar-refractivity contribution in [2.45, 2.75) is 0 Å². The van der Waals surface area contributed by atoms with Crippen LogP contribution in [-0.2, 0) is 4.79 Å². The van der Waals surface area contributed by atoms with E-state index in [0.717, 1.165) is 5.56 Å². The number of aromatic nitrogens is 1. The maximum Gasteiger partial charge on any atom is 0.262 e. The average Bonchev–Trinajstić information content (AvgIpc) is 3.16. The highest BCUT2D eigenvalue weighted by Crippen LogP contribution is 2.32. The van der Waals surface area contributed by atoms with Gasteiger partial charge in [0.05, 0.1) is 17.2 Å². The van der Waals surface area contributed by atoms with Crippen molar-refractivity contribution in [3.63, 3.8) is 0 Å². The van der Waals surface area contributed by atoms with E-state index >= 15 is 0 Å². The molecular formula is C22H16Cl2N2O4. The number of oxazole rings is 1. The number of halogens is 2. The SMILES string of the molecule is COc1ccc(-c2nc3cc(NC(=O)COc4ccccc4Cl)ccc3o2)cc1Cl. The van der Waals surface area contributed by atoms with Gasteiger partial charge in [0.15, 0.2) is 12.2 Å². The zero-order valence-corrected chi connectivity index (χ0v) is 17.3. The van der Waals surface area contributed by atoms with E-state index in [1.54, 1.807) is 61.7 Å². The Kier molecular flexibility index (Phi) is 5.79. The zero-order valence-electron chi connectivity index (χ0n) is 15.8. The van der Waals surface area contributed by atoms with E-state index in [-0.39, 0.29) is 12.5 Å². The van der Waals surface area contributed by atoms with Crippen LogP contribution in [0.2, 0.25) is 10.0 Å². The highest BCUT2D eigenvalue weighted by Gasteiger charge is 2.12. The highest BCUT2D eigenvalue weighted by atomic mass is 35.5. The predicted octanol–water partition coefficient (Wildman–Crippen LogP) is 5.83. The van der Waals surface area contributed by atoms with Gasteiger partial charge in [-0.3, -0.25) is 4.79 Å². The molecule has 30 heavy (non-hydrogen) atoms. The van der Waals surface area contributed by atoms with E-state index in [2.05, 4.69) is 10.3 Å². The fourth-order valence-corrected chi connectivity index (χ4v) is 3.28. The van der Waals surface area contributed by atoms with Crippen LogP contribution in [0.1, 0.15) is 0 Å². The van der Waals surface area contributed by atoms with Crippen LogP contribution in [0.15, 0.2) is 65.1 Å². The second kappa shape index (κ2) is 8.65. The summed E-state index contributed by atoms with van der Waals surface area (Å²) in [6.07, 6.45) is 0. The van der Waals surface area contributed by atoms with Gasteiger partial charge < -0.3 is 19.2 Å². The van der Waals surface area contributed by atoms with Crippen LogP contribution in [0.25, 0.3) is 22.6 Å². The minimum absolute atomic E-state index is 0.170. The molecule has 0 bridgehead atoms. The van der Waals surface area contributed by atoms with Gasteiger partial charge in [-0.05, 0) is 48.5 Å². The number of rotatable bonds is 6. The van der Waals surface area contributed by atoms with Gasteiger partial charge in [0.2, 0.25) is 5.89 Å². The lowest BCUT2D eigenvalue weighted by atomic mass is 10.2. The molecule has 0 spiro atoms. The molecule has 6 nitrogen and oxygen atoms in total. The number of amides is 1. The summed E-state index contributed by atoms with van der Waals surface area (Å²) in [4.78, 5) is 16.7. The molecule has 0 aliphatic heterocycles. The molecule has 0 unspecified atom stereocenters. The number of carbonyl (C=O) groups excluding carboxylic acids is 1. The van der Waals surface area contributed by atoms with Crippen molar-refractivity contribution < 1.29 is 18.7 Å². The smallest absolute Gasteiger partial charge is 0.262 e. The molecule has 1 N–H and O–H groups in total. The Bertz CT molecular complexity index is 1220. The molecule has 0 aliphatic carbocycles. The van der Waals surface area contributed by atoms with Gasteiger partial charge in [-0.25, -0.2) is 4.98 Å². The monoisotopic (exact) mass is 442 g/mol. The summed E-state index contributed by atoms with van der Waals surface area (Å²) in [5, 5.41) is 3.68. The molecule has 0 aliphatic rings. The predicted molar refractivity (Wildman–Crippen MR) is 117 cm³/mol. The van der Waals surface area contributed by atoms with Crippen molar-refractivity contribution in [1.29, 1.82) is 0 Å². The molecule has 1 heterocycles. The lowest BCUT2D eigenvalue weighted by Gasteiger charge is -2.08. The molecular weight excluding hydrogens is 427 g/mol. The third-order valence-corrected chi connectivity index (χ3v) is 4.87. The first-order chi connectivity index (χ1) is 14.5. The Balaban J connectivity index is 1.47. The number of para-hydroxylation sites is 1. The molecule has 1 amide bonds. The van der Waals surface area contributed by atoms with Crippen LogP contribution in [-0.4, -0.2) is 24.6 Å². The second-order valence-electron chi connectivity index (χ2n) is 6.32. The first-order valence-corrected chi connectivity index (χ1v) is 9.71. The quantitative estimate of drug-likeness (QED) is 0.406. The molecule has 0 saturated carbocycles. The molecule has 0 radical (unpaired) electrons. The number of nitrogens with one attached hydrogen (secondary N) is 1. The van der Waals surface area contributed by atoms with Crippen molar-refractivity contribution in [3.8, 4) is 23.0 Å². The second-order valence-corrected chi connectivity index (χ2v) is 7.13. The van der Waals surface area contributed by atoms with Gasteiger partial charge in [0.1, 0.15) is 17.0 Å². The fraction of sp³-hybridized carbons (Fsp3) is 0.0909. The van der Waals surface area contributed by atoms with Crippen LogP contribution >= 0.6 is 23.2 Å².